The maximum Gasteiger partial charge on any atom is 0.233 e. The van der Waals surface area contributed by atoms with Gasteiger partial charge in [-0.3, -0.25) is 4.79 Å². The van der Waals surface area contributed by atoms with E-state index in [1.165, 1.54) is 11.1 Å². The minimum Gasteiger partial charge on any atom is -0.364 e. The summed E-state index contributed by atoms with van der Waals surface area (Å²) in [5, 5.41) is 0.715. The lowest BCUT2D eigenvalue weighted by molar-refractivity contribution is -0.141. The Hall–Kier alpha value is -1.84. The Morgan fingerprint density at radius 3 is 2.54 bits per heavy atom. The van der Waals surface area contributed by atoms with Gasteiger partial charge in [0.05, 0.1) is 18.6 Å². The van der Waals surface area contributed by atoms with E-state index in [4.69, 9.17) is 16.3 Å². The summed E-state index contributed by atoms with van der Waals surface area (Å²) in [7, 11) is 0. The number of benzene rings is 2. The van der Waals surface area contributed by atoms with Crippen molar-refractivity contribution in [1.29, 1.82) is 0 Å². The van der Waals surface area contributed by atoms with Crippen LogP contribution in [0.4, 0.5) is 0 Å². The van der Waals surface area contributed by atoms with Crippen LogP contribution in [-0.2, 0) is 27.2 Å². The van der Waals surface area contributed by atoms with Crippen molar-refractivity contribution in [2.75, 3.05) is 13.1 Å². The Bertz CT molecular complexity index is 859. The van der Waals surface area contributed by atoms with Gasteiger partial charge in [0.25, 0.3) is 0 Å². The lowest BCUT2D eigenvalue weighted by Gasteiger charge is -2.43. The van der Waals surface area contributed by atoms with E-state index in [1.807, 2.05) is 29.2 Å². The van der Waals surface area contributed by atoms with Crippen LogP contribution in [0.15, 0.2) is 48.5 Å². The largest absolute Gasteiger partial charge is 0.364 e. The summed E-state index contributed by atoms with van der Waals surface area (Å²) in [6.45, 7) is 2.08. The summed E-state index contributed by atoms with van der Waals surface area (Å²) in [5.74, 6) is 0.260. The van der Waals surface area contributed by atoms with Crippen molar-refractivity contribution >= 4 is 17.5 Å². The number of halogens is 1. The van der Waals surface area contributed by atoms with Gasteiger partial charge in [0, 0.05) is 11.6 Å². The van der Waals surface area contributed by atoms with Crippen molar-refractivity contribution < 1.29 is 9.53 Å². The maximum absolute atomic E-state index is 13.5. The number of carbonyl (C=O) groups is 1. The average Bonchev–Trinajstić information content (AvgIpc) is 3.22. The molecule has 0 N–H and O–H groups in total. The van der Waals surface area contributed by atoms with Crippen molar-refractivity contribution in [1.82, 2.24) is 4.90 Å². The first-order valence-corrected chi connectivity index (χ1v) is 9.79. The summed E-state index contributed by atoms with van der Waals surface area (Å²) in [6.07, 6.45) is 3.84. The molecule has 3 aliphatic rings. The normalized spacial score (nSPS) is 26.0. The Labute approximate surface area is 158 Å². The Balaban J connectivity index is 1.43. The van der Waals surface area contributed by atoms with Crippen molar-refractivity contribution in [2.45, 2.75) is 43.3 Å². The molecule has 0 radical (unpaired) electrons. The maximum atomic E-state index is 13.5. The molecule has 4 heteroatoms. The number of fused-ring (bicyclic) bond motifs is 2. The highest BCUT2D eigenvalue weighted by Gasteiger charge is 2.53. The fraction of sp³-hybridized carbons (Fsp3) is 0.409. The van der Waals surface area contributed by atoms with Crippen molar-refractivity contribution in [3.63, 3.8) is 0 Å². The molecule has 2 heterocycles. The summed E-state index contributed by atoms with van der Waals surface area (Å²) in [4.78, 5) is 15.6. The van der Waals surface area contributed by atoms with E-state index in [1.54, 1.807) is 0 Å². The Morgan fingerprint density at radius 2 is 1.81 bits per heavy atom. The highest BCUT2D eigenvalue weighted by molar-refractivity contribution is 6.30. The molecule has 2 fully saturated rings. The monoisotopic (exact) mass is 367 g/mol. The number of likely N-dealkylation sites (tertiary alicyclic amines) is 1. The second-order valence-electron chi connectivity index (χ2n) is 7.86. The third-order valence-electron chi connectivity index (χ3n) is 6.54. The number of hydrogen-bond donors (Lipinski definition) is 0. The van der Waals surface area contributed by atoms with Crippen molar-refractivity contribution in [3.8, 4) is 0 Å². The van der Waals surface area contributed by atoms with Crippen LogP contribution in [0.25, 0.3) is 0 Å². The summed E-state index contributed by atoms with van der Waals surface area (Å²) < 4.78 is 6.23. The Morgan fingerprint density at radius 1 is 1.04 bits per heavy atom. The van der Waals surface area contributed by atoms with Gasteiger partial charge >= 0.3 is 0 Å². The van der Waals surface area contributed by atoms with Crippen molar-refractivity contribution in [3.05, 3.63) is 70.2 Å². The molecule has 2 aromatic rings. The minimum atomic E-state index is -0.367. The summed E-state index contributed by atoms with van der Waals surface area (Å²) >= 11 is 6.05. The number of amides is 1. The quantitative estimate of drug-likeness (QED) is 0.786. The molecule has 2 aromatic carbocycles. The molecule has 3 nitrogen and oxygen atoms in total. The average molecular weight is 368 g/mol. The molecule has 0 aromatic heterocycles. The van der Waals surface area contributed by atoms with Crippen LogP contribution in [0, 0.1) is 0 Å². The van der Waals surface area contributed by atoms with Crippen LogP contribution in [0.3, 0.4) is 0 Å². The zero-order valence-electron chi connectivity index (χ0n) is 14.7. The zero-order valence-corrected chi connectivity index (χ0v) is 15.5. The smallest absolute Gasteiger partial charge is 0.233 e. The van der Waals surface area contributed by atoms with E-state index >= 15 is 0 Å². The van der Waals surface area contributed by atoms with Gasteiger partial charge in [-0.1, -0.05) is 54.4 Å². The first-order valence-electron chi connectivity index (χ1n) is 9.41. The van der Waals surface area contributed by atoms with Crippen LogP contribution in [0.5, 0.6) is 0 Å². The predicted molar refractivity (Wildman–Crippen MR) is 101 cm³/mol. The summed E-state index contributed by atoms with van der Waals surface area (Å²) in [5.41, 5.74) is 2.96. The standard InChI is InChI=1S/C22H22ClNO2/c23-18-8-6-17(7-9-18)21(10-3-11-21)20(25)24-13-12-22(15-24)19-5-2-1-4-16(19)14-26-22/h1-2,4-9H,3,10-15H2. The number of hydrogen-bond acceptors (Lipinski definition) is 2. The lowest BCUT2D eigenvalue weighted by Crippen LogP contribution is -2.51. The van der Waals surface area contributed by atoms with Gasteiger partial charge in [-0.15, -0.1) is 0 Å². The molecule has 1 amide bonds. The molecule has 2 aliphatic heterocycles. The predicted octanol–water partition coefficient (Wildman–Crippen LogP) is 4.42. The lowest BCUT2D eigenvalue weighted by atomic mass is 9.63. The number of ether oxygens (including phenoxy) is 1. The van der Waals surface area contributed by atoms with Crippen LogP contribution in [0.1, 0.15) is 42.4 Å². The van der Waals surface area contributed by atoms with E-state index in [0.29, 0.717) is 18.2 Å². The molecule has 1 atom stereocenters. The molecule has 1 unspecified atom stereocenters. The Kier molecular flexibility index (Phi) is 3.67. The molecular weight excluding hydrogens is 346 g/mol. The number of carbonyl (C=O) groups excluding carboxylic acids is 1. The molecule has 1 spiro atoms. The van der Waals surface area contributed by atoms with Gasteiger partial charge < -0.3 is 9.64 Å². The van der Waals surface area contributed by atoms with E-state index in [9.17, 15) is 4.79 Å². The number of nitrogens with zero attached hydrogens (tertiary/aromatic N) is 1. The molecule has 5 rings (SSSR count). The van der Waals surface area contributed by atoms with Gasteiger partial charge in [0.1, 0.15) is 5.60 Å². The van der Waals surface area contributed by atoms with Crippen LogP contribution in [-0.4, -0.2) is 23.9 Å². The topological polar surface area (TPSA) is 29.5 Å². The molecule has 0 bridgehead atoms. The van der Waals surface area contributed by atoms with E-state index in [0.717, 1.165) is 37.8 Å². The van der Waals surface area contributed by atoms with E-state index in [-0.39, 0.29) is 16.9 Å². The second-order valence-corrected chi connectivity index (χ2v) is 8.30. The molecule has 1 saturated heterocycles. The first kappa shape index (κ1) is 16.3. The number of rotatable bonds is 2. The molecule has 1 aliphatic carbocycles. The van der Waals surface area contributed by atoms with Crippen LogP contribution >= 0.6 is 11.6 Å². The van der Waals surface area contributed by atoms with E-state index < -0.39 is 0 Å². The minimum absolute atomic E-state index is 0.260. The highest BCUT2D eigenvalue weighted by Crippen LogP contribution is 2.49. The second kappa shape index (κ2) is 5.83. The van der Waals surface area contributed by atoms with Gasteiger partial charge in [-0.25, -0.2) is 0 Å². The van der Waals surface area contributed by atoms with Crippen molar-refractivity contribution in [2.24, 2.45) is 0 Å². The molecule has 1 saturated carbocycles. The fourth-order valence-corrected chi connectivity index (χ4v) is 5.03. The van der Waals surface area contributed by atoms with E-state index in [2.05, 4.69) is 24.3 Å². The molecule has 134 valence electrons. The van der Waals surface area contributed by atoms with Gasteiger partial charge in [0.15, 0.2) is 0 Å². The third-order valence-corrected chi connectivity index (χ3v) is 6.80. The zero-order chi connectivity index (χ0) is 17.8. The van der Waals surface area contributed by atoms with Crippen LogP contribution in [0.2, 0.25) is 5.02 Å². The summed E-state index contributed by atoms with van der Waals surface area (Å²) in [6, 6.07) is 16.3. The third kappa shape index (κ3) is 2.27. The molecule has 26 heavy (non-hydrogen) atoms. The highest BCUT2D eigenvalue weighted by atomic mass is 35.5. The molecular formula is C22H22ClNO2. The fourth-order valence-electron chi connectivity index (χ4n) is 4.91. The van der Waals surface area contributed by atoms with Crippen LogP contribution < -0.4 is 0 Å². The van der Waals surface area contributed by atoms with Gasteiger partial charge in [-0.05, 0) is 48.1 Å². The SMILES string of the molecule is O=C(N1CCC2(C1)OCc1ccccc12)C1(c2ccc(Cl)cc2)CCC1. The van der Waals surface area contributed by atoms with Gasteiger partial charge in [0.2, 0.25) is 5.91 Å². The van der Waals surface area contributed by atoms with Gasteiger partial charge in [-0.2, -0.15) is 0 Å². The first-order chi connectivity index (χ1) is 12.6.